The molecule has 0 radical (unpaired) electrons. The molecule has 0 aliphatic rings. The minimum atomic E-state index is -0.560. The number of benzene rings is 1. The molecule has 3 rings (SSSR count). The molecule has 0 unspecified atom stereocenters. The Balaban J connectivity index is 1.89. The Kier molecular flexibility index (Phi) is 4.08. The standard InChI is InChI=1S/C14H12ClN3O4/c1-20-8-12-17-18(14(19)21-12)7-10-6-16-22-13(10)9-2-4-11(15)5-3-9/h2-6H,7-8H2,1H3. The lowest BCUT2D eigenvalue weighted by atomic mass is 10.1. The van der Waals surface area contributed by atoms with Gasteiger partial charge in [-0.05, 0) is 24.3 Å². The highest BCUT2D eigenvalue weighted by atomic mass is 35.5. The van der Waals surface area contributed by atoms with Crippen molar-refractivity contribution < 1.29 is 13.7 Å². The number of nitrogens with zero attached hydrogens (tertiary/aromatic N) is 3. The molecular formula is C14H12ClN3O4. The van der Waals surface area contributed by atoms with Crippen molar-refractivity contribution in [3.63, 3.8) is 0 Å². The van der Waals surface area contributed by atoms with Gasteiger partial charge in [-0.25, -0.2) is 4.79 Å². The third-order valence-electron chi connectivity index (χ3n) is 2.99. The molecule has 0 atom stereocenters. The van der Waals surface area contributed by atoms with Gasteiger partial charge in [-0.2, -0.15) is 4.68 Å². The second kappa shape index (κ2) is 6.17. The number of aromatic nitrogens is 3. The molecule has 0 spiro atoms. The maximum Gasteiger partial charge on any atom is 0.437 e. The number of rotatable bonds is 5. The fourth-order valence-electron chi connectivity index (χ4n) is 2.00. The lowest BCUT2D eigenvalue weighted by Gasteiger charge is -2.00. The molecule has 0 N–H and O–H groups in total. The number of hydrogen-bond acceptors (Lipinski definition) is 6. The summed E-state index contributed by atoms with van der Waals surface area (Å²) in [5, 5.41) is 8.46. The molecule has 2 aromatic heterocycles. The first kappa shape index (κ1) is 14.6. The first-order valence-electron chi connectivity index (χ1n) is 6.42. The Morgan fingerprint density at radius 3 is 2.82 bits per heavy atom. The van der Waals surface area contributed by atoms with E-state index in [0.717, 1.165) is 5.56 Å². The van der Waals surface area contributed by atoms with E-state index in [-0.39, 0.29) is 19.0 Å². The molecule has 22 heavy (non-hydrogen) atoms. The summed E-state index contributed by atoms with van der Waals surface area (Å²) in [6.45, 7) is 0.323. The van der Waals surface area contributed by atoms with Crippen LogP contribution in [-0.2, 0) is 17.9 Å². The largest absolute Gasteiger partial charge is 0.437 e. The van der Waals surface area contributed by atoms with Gasteiger partial charge < -0.3 is 13.7 Å². The van der Waals surface area contributed by atoms with E-state index in [9.17, 15) is 4.79 Å². The molecule has 8 heteroatoms. The molecule has 2 heterocycles. The zero-order valence-corrected chi connectivity index (χ0v) is 12.4. The molecule has 1 aromatic carbocycles. The second-order valence-electron chi connectivity index (χ2n) is 4.54. The molecule has 7 nitrogen and oxygen atoms in total. The van der Waals surface area contributed by atoms with E-state index in [1.54, 1.807) is 18.3 Å². The number of halogens is 1. The first-order valence-corrected chi connectivity index (χ1v) is 6.80. The molecule has 0 saturated heterocycles. The van der Waals surface area contributed by atoms with Crippen molar-refractivity contribution in [3.05, 3.63) is 57.5 Å². The van der Waals surface area contributed by atoms with Crippen molar-refractivity contribution in [1.82, 2.24) is 14.9 Å². The van der Waals surface area contributed by atoms with E-state index in [1.807, 2.05) is 12.1 Å². The van der Waals surface area contributed by atoms with Crippen LogP contribution in [0.15, 0.2) is 44.2 Å². The Morgan fingerprint density at radius 1 is 1.32 bits per heavy atom. The lowest BCUT2D eigenvalue weighted by Crippen LogP contribution is -2.16. The van der Waals surface area contributed by atoms with Crippen LogP contribution in [0.5, 0.6) is 0 Å². The third-order valence-corrected chi connectivity index (χ3v) is 3.24. The fourth-order valence-corrected chi connectivity index (χ4v) is 2.13. The van der Waals surface area contributed by atoms with E-state index < -0.39 is 5.76 Å². The van der Waals surface area contributed by atoms with Gasteiger partial charge in [0.05, 0.1) is 12.7 Å². The summed E-state index contributed by atoms with van der Waals surface area (Å²) in [6.07, 6.45) is 1.54. The van der Waals surface area contributed by atoms with Crippen LogP contribution in [0.3, 0.4) is 0 Å². The molecule has 0 amide bonds. The first-order chi connectivity index (χ1) is 10.7. The third kappa shape index (κ3) is 2.95. The molecule has 0 aliphatic heterocycles. The van der Waals surface area contributed by atoms with Crippen LogP contribution in [0.2, 0.25) is 5.02 Å². The van der Waals surface area contributed by atoms with Gasteiger partial charge in [0.15, 0.2) is 5.76 Å². The summed E-state index contributed by atoms with van der Waals surface area (Å²) in [6, 6.07) is 7.13. The van der Waals surface area contributed by atoms with Gasteiger partial charge in [-0.3, -0.25) is 0 Å². The summed E-state index contributed by atoms with van der Waals surface area (Å²) in [5.41, 5.74) is 1.52. The zero-order chi connectivity index (χ0) is 15.5. The van der Waals surface area contributed by atoms with E-state index in [1.165, 1.54) is 11.8 Å². The number of hydrogen-bond donors (Lipinski definition) is 0. The quantitative estimate of drug-likeness (QED) is 0.717. The van der Waals surface area contributed by atoms with Gasteiger partial charge in [-0.1, -0.05) is 16.8 Å². The lowest BCUT2D eigenvalue weighted by molar-refractivity contribution is 0.158. The molecule has 0 aliphatic carbocycles. The van der Waals surface area contributed by atoms with Crippen molar-refractivity contribution in [2.45, 2.75) is 13.2 Å². The number of ether oxygens (including phenoxy) is 1. The van der Waals surface area contributed by atoms with Crippen molar-refractivity contribution in [2.75, 3.05) is 7.11 Å². The topological polar surface area (TPSA) is 83.3 Å². The van der Waals surface area contributed by atoms with Gasteiger partial charge in [-0.15, -0.1) is 5.10 Å². The van der Waals surface area contributed by atoms with Gasteiger partial charge in [0.1, 0.15) is 6.61 Å². The minimum absolute atomic E-state index is 0.135. The van der Waals surface area contributed by atoms with Gasteiger partial charge >= 0.3 is 5.76 Å². The van der Waals surface area contributed by atoms with Crippen molar-refractivity contribution >= 4 is 11.6 Å². The molecule has 0 saturated carbocycles. The highest BCUT2D eigenvalue weighted by Gasteiger charge is 2.15. The van der Waals surface area contributed by atoms with E-state index in [2.05, 4.69) is 10.3 Å². The van der Waals surface area contributed by atoms with E-state index in [4.69, 9.17) is 25.3 Å². The normalized spacial score (nSPS) is 11.0. The maximum atomic E-state index is 11.7. The van der Waals surface area contributed by atoms with Crippen LogP contribution >= 0.6 is 11.6 Å². The Bertz CT molecular complexity index is 819. The molecule has 3 aromatic rings. The monoisotopic (exact) mass is 321 g/mol. The van der Waals surface area contributed by atoms with Gasteiger partial charge in [0.25, 0.3) is 0 Å². The summed E-state index contributed by atoms with van der Waals surface area (Å²) in [5.74, 6) is 0.215. The Morgan fingerprint density at radius 2 is 2.09 bits per heavy atom. The highest BCUT2D eigenvalue weighted by Crippen LogP contribution is 2.25. The molecule has 0 bridgehead atoms. The molecule has 0 fully saturated rings. The second-order valence-corrected chi connectivity index (χ2v) is 4.98. The minimum Gasteiger partial charge on any atom is -0.390 e. The van der Waals surface area contributed by atoms with E-state index in [0.29, 0.717) is 16.3 Å². The van der Waals surface area contributed by atoms with Crippen LogP contribution in [0.4, 0.5) is 0 Å². The smallest absolute Gasteiger partial charge is 0.390 e. The zero-order valence-electron chi connectivity index (χ0n) is 11.7. The van der Waals surface area contributed by atoms with Crippen LogP contribution < -0.4 is 5.76 Å². The Labute approximate surface area is 130 Å². The van der Waals surface area contributed by atoms with Crippen molar-refractivity contribution in [1.29, 1.82) is 0 Å². The van der Waals surface area contributed by atoms with Crippen LogP contribution in [0.1, 0.15) is 11.5 Å². The Hall–Kier alpha value is -2.38. The SMILES string of the molecule is COCc1nn(Cc2cnoc2-c2ccc(Cl)cc2)c(=O)o1. The summed E-state index contributed by atoms with van der Waals surface area (Å²) in [4.78, 5) is 11.7. The predicted molar refractivity (Wildman–Crippen MR) is 77.5 cm³/mol. The van der Waals surface area contributed by atoms with Crippen molar-refractivity contribution in [3.8, 4) is 11.3 Å². The summed E-state index contributed by atoms with van der Waals surface area (Å²) >= 11 is 5.87. The molecular weight excluding hydrogens is 310 g/mol. The van der Waals surface area contributed by atoms with Crippen LogP contribution in [-0.4, -0.2) is 22.0 Å². The maximum absolute atomic E-state index is 11.7. The van der Waals surface area contributed by atoms with Gasteiger partial charge in [0, 0.05) is 23.3 Å². The average molecular weight is 322 g/mol. The number of methoxy groups -OCH3 is 1. The van der Waals surface area contributed by atoms with Gasteiger partial charge in [0.2, 0.25) is 5.89 Å². The fraction of sp³-hybridized carbons (Fsp3) is 0.214. The summed E-state index contributed by atoms with van der Waals surface area (Å²) < 4.78 is 16.3. The van der Waals surface area contributed by atoms with Crippen molar-refractivity contribution in [2.24, 2.45) is 0 Å². The predicted octanol–water partition coefficient (Wildman–Crippen LogP) is 2.34. The summed E-state index contributed by atoms with van der Waals surface area (Å²) in [7, 11) is 1.50. The van der Waals surface area contributed by atoms with E-state index >= 15 is 0 Å². The van der Waals surface area contributed by atoms with Crippen LogP contribution in [0.25, 0.3) is 11.3 Å². The van der Waals surface area contributed by atoms with Crippen LogP contribution in [0, 0.1) is 0 Å². The molecule has 114 valence electrons. The average Bonchev–Trinajstić information content (AvgIpc) is 3.08. The highest BCUT2D eigenvalue weighted by molar-refractivity contribution is 6.30.